The minimum absolute atomic E-state index is 0.0625. The number of rotatable bonds is 1. The van der Waals surface area contributed by atoms with Gasteiger partial charge < -0.3 is 10.5 Å². The van der Waals surface area contributed by atoms with Gasteiger partial charge in [-0.1, -0.05) is 12.2 Å². The smallest absolute Gasteiger partial charge is 0.310 e. The SMILES string of the molecule is COC(=O)C1CC=CCC1N. The van der Waals surface area contributed by atoms with Crippen LogP contribution in [0.4, 0.5) is 0 Å². The number of hydrogen-bond acceptors (Lipinski definition) is 3. The van der Waals surface area contributed by atoms with Gasteiger partial charge in [-0.25, -0.2) is 0 Å². The first-order chi connectivity index (χ1) is 5.25. The van der Waals surface area contributed by atoms with E-state index in [1.165, 1.54) is 7.11 Å². The Balaban J connectivity index is 2.56. The fraction of sp³-hybridized carbons (Fsp3) is 0.625. The van der Waals surface area contributed by atoms with Crippen molar-refractivity contribution in [2.75, 3.05) is 7.11 Å². The van der Waals surface area contributed by atoms with Crippen molar-refractivity contribution in [3.63, 3.8) is 0 Å². The Bertz CT molecular complexity index is 177. The minimum Gasteiger partial charge on any atom is -0.469 e. The average molecular weight is 155 g/mol. The fourth-order valence-corrected chi connectivity index (χ4v) is 1.26. The van der Waals surface area contributed by atoms with Crippen molar-refractivity contribution in [1.82, 2.24) is 0 Å². The maximum atomic E-state index is 11.0. The molecule has 0 aromatic heterocycles. The molecule has 0 aliphatic heterocycles. The van der Waals surface area contributed by atoms with Gasteiger partial charge in [-0.15, -0.1) is 0 Å². The van der Waals surface area contributed by atoms with E-state index in [2.05, 4.69) is 4.74 Å². The first-order valence-electron chi connectivity index (χ1n) is 3.74. The number of esters is 1. The summed E-state index contributed by atoms with van der Waals surface area (Å²) in [6.07, 6.45) is 5.47. The zero-order valence-corrected chi connectivity index (χ0v) is 6.62. The molecular weight excluding hydrogens is 142 g/mol. The predicted octanol–water partition coefficient (Wildman–Crippen LogP) is 0.453. The van der Waals surface area contributed by atoms with Crippen LogP contribution in [0.3, 0.4) is 0 Å². The Labute approximate surface area is 66.2 Å². The van der Waals surface area contributed by atoms with E-state index in [-0.39, 0.29) is 17.9 Å². The van der Waals surface area contributed by atoms with Crippen LogP contribution in [0, 0.1) is 5.92 Å². The summed E-state index contributed by atoms with van der Waals surface area (Å²) in [4.78, 5) is 11.0. The number of carbonyl (C=O) groups excluding carboxylic acids is 1. The van der Waals surface area contributed by atoms with Gasteiger partial charge in [-0.3, -0.25) is 4.79 Å². The fourth-order valence-electron chi connectivity index (χ4n) is 1.26. The average Bonchev–Trinajstić information content (AvgIpc) is 2.04. The van der Waals surface area contributed by atoms with Gasteiger partial charge in [0, 0.05) is 6.04 Å². The molecule has 2 N–H and O–H groups in total. The normalized spacial score (nSPS) is 30.0. The lowest BCUT2D eigenvalue weighted by Gasteiger charge is -2.22. The molecule has 0 saturated carbocycles. The first-order valence-corrected chi connectivity index (χ1v) is 3.74. The van der Waals surface area contributed by atoms with E-state index >= 15 is 0 Å². The number of ether oxygens (including phenoxy) is 1. The molecule has 1 aliphatic rings. The first kappa shape index (κ1) is 8.27. The number of hydrogen-bond donors (Lipinski definition) is 1. The molecule has 11 heavy (non-hydrogen) atoms. The van der Waals surface area contributed by atoms with E-state index in [0.29, 0.717) is 6.42 Å². The van der Waals surface area contributed by atoms with Gasteiger partial charge in [0.05, 0.1) is 13.0 Å². The highest BCUT2D eigenvalue weighted by atomic mass is 16.5. The Morgan fingerprint density at radius 2 is 2.18 bits per heavy atom. The Kier molecular flexibility index (Phi) is 2.65. The van der Waals surface area contributed by atoms with Crippen LogP contribution in [0.5, 0.6) is 0 Å². The van der Waals surface area contributed by atoms with Gasteiger partial charge in [-0.2, -0.15) is 0 Å². The van der Waals surface area contributed by atoms with E-state index in [9.17, 15) is 4.79 Å². The lowest BCUT2D eigenvalue weighted by molar-refractivity contribution is -0.146. The maximum Gasteiger partial charge on any atom is 0.310 e. The molecule has 0 aromatic rings. The van der Waals surface area contributed by atoms with Crippen molar-refractivity contribution in [3.8, 4) is 0 Å². The summed E-state index contributed by atoms with van der Waals surface area (Å²) in [5.41, 5.74) is 5.70. The second-order valence-corrected chi connectivity index (χ2v) is 2.74. The monoisotopic (exact) mass is 155 g/mol. The molecule has 0 heterocycles. The van der Waals surface area contributed by atoms with Crippen LogP contribution in [0.1, 0.15) is 12.8 Å². The predicted molar refractivity (Wildman–Crippen MR) is 41.9 cm³/mol. The van der Waals surface area contributed by atoms with Crippen LogP contribution in [-0.4, -0.2) is 19.1 Å². The highest BCUT2D eigenvalue weighted by molar-refractivity contribution is 5.73. The van der Waals surface area contributed by atoms with Crippen molar-refractivity contribution >= 4 is 5.97 Å². The van der Waals surface area contributed by atoms with Gasteiger partial charge in [-0.05, 0) is 12.8 Å². The van der Waals surface area contributed by atoms with Crippen molar-refractivity contribution in [3.05, 3.63) is 12.2 Å². The zero-order chi connectivity index (χ0) is 8.27. The summed E-state index contributed by atoms with van der Waals surface area (Å²) in [5.74, 6) is -0.327. The third-order valence-electron chi connectivity index (χ3n) is 1.99. The van der Waals surface area contributed by atoms with Crippen LogP contribution in [-0.2, 0) is 9.53 Å². The number of carbonyl (C=O) groups is 1. The Morgan fingerprint density at radius 3 is 2.73 bits per heavy atom. The van der Waals surface area contributed by atoms with E-state index in [1.54, 1.807) is 0 Å². The second-order valence-electron chi connectivity index (χ2n) is 2.74. The van der Waals surface area contributed by atoms with E-state index in [1.807, 2.05) is 12.2 Å². The summed E-state index contributed by atoms with van der Waals surface area (Å²) in [6, 6.07) is -0.0625. The molecule has 62 valence electrons. The zero-order valence-electron chi connectivity index (χ0n) is 6.62. The molecule has 2 atom stereocenters. The van der Waals surface area contributed by atoms with Crippen molar-refractivity contribution in [1.29, 1.82) is 0 Å². The van der Waals surface area contributed by atoms with Crippen molar-refractivity contribution < 1.29 is 9.53 Å². The molecule has 0 fully saturated rings. The van der Waals surface area contributed by atoms with E-state index < -0.39 is 0 Å². The van der Waals surface area contributed by atoms with Gasteiger partial charge in [0.2, 0.25) is 0 Å². The number of allylic oxidation sites excluding steroid dienone is 1. The molecule has 3 heteroatoms. The van der Waals surface area contributed by atoms with E-state index in [0.717, 1.165) is 6.42 Å². The van der Waals surface area contributed by atoms with Gasteiger partial charge in [0.25, 0.3) is 0 Å². The van der Waals surface area contributed by atoms with Crippen molar-refractivity contribution in [2.45, 2.75) is 18.9 Å². The molecule has 0 spiro atoms. The molecular formula is C8H13NO2. The van der Waals surface area contributed by atoms with Crippen molar-refractivity contribution in [2.24, 2.45) is 11.7 Å². The standard InChI is InChI=1S/C8H13NO2/c1-11-8(10)6-4-2-3-5-7(6)9/h2-3,6-7H,4-5,9H2,1H3. The van der Waals surface area contributed by atoms with Crippen LogP contribution in [0.2, 0.25) is 0 Å². The molecule has 0 aromatic carbocycles. The lowest BCUT2D eigenvalue weighted by atomic mass is 9.90. The molecule has 0 amide bonds. The van der Waals surface area contributed by atoms with Gasteiger partial charge in [0.1, 0.15) is 0 Å². The van der Waals surface area contributed by atoms with Gasteiger partial charge in [0.15, 0.2) is 0 Å². The second kappa shape index (κ2) is 3.53. The minimum atomic E-state index is -0.193. The largest absolute Gasteiger partial charge is 0.469 e. The summed E-state index contributed by atoms with van der Waals surface area (Å²) >= 11 is 0. The summed E-state index contributed by atoms with van der Waals surface area (Å²) in [7, 11) is 1.40. The molecule has 2 unspecified atom stereocenters. The molecule has 0 radical (unpaired) electrons. The highest BCUT2D eigenvalue weighted by Gasteiger charge is 2.26. The molecule has 1 aliphatic carbocycles. The maximum absolute atomic E-state index is 11.0. The van der Waals surface area contributed by atoms with Crippen LogP contribution < -0.4 is 5.73 Å². The Morgan fingerprint density at radius 1 is 1.55 bits per heavy atom. The van der Waals surface area contributed by atoms with Gasteiger partial charge >= 0.3 is 5.97 Å². The summed E-state index contributed by atoms with van der Waals surface area (Å²) in [5, 5.41) is 0. The topological polar surface area (TPSA) is 52.3 Å². The highest BCUT2D eigenvalue weighted by Crippen LogP contribution is 2.18. The molecule has 1 rings (SSSR count). The molecule has 0 saturated heterocycles. The third-order valence-corrected chi connectivity index (χ3v) is 1.99. The third kappa shape index (κ3) is 1.80. The Hall–Kier alpha value is -0.830. The summed E-state index contributed by atoms with van der Waals surface area (Å²) in [6.45, 7) is 0. The van der Waals surface area contributed by atoms with Crippen LogP contribution in [0.25, 0.3) is 0 Å². The van der Waals surface area contributed by atoms with E-state index in [4.69, 9.17) is 5.73 Å². The summed E-state index contributed by atoms with van der Waals surface area (Å²) < 4.78 is 4.61. The molecule has 3 nitrogen and oxygen atoms in total. The quantitative estimate of drug-likeness (QED) is 0.442. The lowest BCUT2D eigenvalue weighted by Crippen LogP contribution is -2.37. The van der Waals surface area contributed by atoms with Crippen LogP contribution >= 0.6 is 0 Å². The van der Waals surface area contributed by atoms with Crippen LogP contribution in [0.15, 0.2) is 12.2 Å². The number of nitrogens with two attached hydrogens (primary N) is 1. The molecule has 0 bridgehead atoms. The number of methoxy groups -OCH3 is 1.